The highest BCUT2D eigenvalue weighted by Gasteiger charge is 2.30. The average Bonchev–Trinajstić information content (AvgIpc) is 2.76. The van der Waals surface area contributed by atoms with Crippen molar-refractivity contribution in [2.75, 3.05) is 0 Å². The van der Waals surface area contributed by atoms with E-state index >= 15 is 0 Å². The molecule has 2 N–H and O–H groups in total. The number of aryl methyl sites for hydroxylation is 3. The number of benzene rings is 2. The van der Waals surface area contributed by atoms with Gasteiger partial charge >= 0.3 is 0 Å². The van der Waals surface area contributed by atoms with E-state index in [4.69, 9.17) is 5.73 Å². The van der Waals surface area contributed by atoms with Crippen molar-refractivity contribution in [3.63, 3.8) is 0 Å². The van der Waals surface area contributed by atoms with Crippen molar-refractivity contribution in [1.82, 2.24) is 0 Å². The predicted molar refractivity (Wildman–Crippen MR) is 85.0 cm³/mol. The monoisotopic (exact) mass is 265 g/mol. The van der Waals surface area contributed by atoms with Crippen LogP contribution in [0.25, 0.3) is 10.8 Å². The van der Waals surface area contributed by atoms with Gasteiger partial charge in [0.1, 0.15) is 0 Å². The van der Waals surface area contributed by atoms with Crippen LogP contribution in [0.3, 0.4) is 0 Å². The fourth-order valence-corrected chi connectivity index (χ4v) is 4.29. The summed E-state index contributed by atoms with van der Waals surface area (Å²) in [5, 5.41) is 3.03. The van der Waals surface area contributed by atoms with Gasteiger partial charge < -0.3 is 5.73 Å². The first-order chi connectivity index (χ1) is 9.55. The summed E-state index contributed by atoms with van der Waals surface area (Å²) in [6.07, 6.45) is 5.92. The second-order valence-corrected chi connectivity index (χ2v) is 7.42. The van der Waals surface area contributed by atoms with E-state index in [-0.39, 0.29) is 6.04 Å². The minimum Gasteiger partial charge on any atom is -0.324 e. The zero-order valence-corrected chi connectivity index (χ0v) is 12.5. The molecule has 1 nitrogen and oxygen atoms in total. The highest BCUT2D eigenvalue weighted by Crippen LogP contribution is 2.43. The molecule has 0 aliphatic heterocycles. The third-order valence-electron chi connectivity index (χ3n) is 5.36. The molecule has 1 atom stereocenters. The average molecular weight is 265 g/mol. The molecule has 0 amide bonds. The lowest BCUT2D eigenvalue weighted by molar-refractivity contribution is 0.294. The van der Waals surface area contributed by atoms with Crippen LogP contribution in [-0.2, 0) is 19.3 Å². The van der Waals surface area contributed by atoms with Crippen molar-refractivity contribution in [1.29, 1.82) is 0 Å². The zero-order chi connectivity index (χ0) is 13.9. The Morgan fingerprint density at radius 1 is 1.10 bits per heavy atom. The Labute approximate surface area is 121 Å². The van der Waals surface area contributed by atoms with Crippen LogP contribution in [0.4, 0.5) is 0 Å². The molecule has 104 valence electrons. The maximum absolute atomic E-state index is 6.55. The van der Waals surface area contributed by atoms with Gasteiger partial charge in [-0.1, -0.05) is 38.1 Å². The van der Waals surface area contributed by atoms with Gasteiger partial charge in [0, 0.05) is 6.04 Å². The standard InChI is InChI=1S/C19H23N/c1-19(2)9-8-14-15-5-3-4-12-6-7-13(18(12)15)10-16(14)17(20)11-19/h3-5,10,17H,6-9,11,20H2,1-2H3. The van der Waals surface area contributed by atoms with E-state index in [1.165, 1.54) is 58.7 Å². The summed E-state index contributed by atoms with van der Waals surface area (Å²) in [5.41, 5.74) is 12.9. The molecule has 1 heteroatoms. The third-order valence-corrected chi connectivity index (χ3v) is 5.36. The molecule has 0 heterocycles. The van der Waals surface area contributed by atoms with Gasteiger partial charge in [-0.15, -0.1) is 0 Å². The van der Waals surface area contributed by atoms with Crippen molar-refractivity contribution < 1.29 is 0 Å². The Hall–Kier alpha value is -1.34. The van der Waals surface area contributed by atoms with Crippen LogP contribution in [0.5, 0.6) is 0 Å². The Morgan fingerprint density at radius 2 is 1.90 bits per heavy atom. The van der Waals surface area contributed by atoms with Gasteiger partial charge in [0.05, 0.1) is 0 Å². The molecule has 0 spiro atoms. The van der Waals surface area contributed by atoms with E-state index in [0.717, 1.165) is 6.42 Å². The van der Waals surface area contributed by atoms with Gasteiger partial charge in [0.25, 0.3) is 0 Å². The van der Waals surface area contributed by atoms with Crippen LogP contribution >= 0.6 is 0 Å². The summed E-state index contributed by atoms with van der Waals surface area (Å²) >= 11 is 0. The van der Waals surface area contributed by atoms with Crippen LogP contribution in [0.15, 0.2) is 24.3 Å². The van der Waals surface area contributed by atoms with Crippen molar-refractivity contribution in [3.05, 3.63) is 46.5 Å². The molecule has 4 rings (SSSR count). The third kappa shape index (κ3) is 1.73. The van der Waals surface area contributed by atoms with E-state index in [2.05, 4.69) is 38.1 Å². The Morgan fingerprint density at radius 3 is 2.75 bits per heavy atom. The summed E-state index contributed by atoms with van der Waals surface area (Å²) < 4.78 is 0. The first kappa shape index (κ1) is 12.4. The normalized spacial score (nSPS) is 23.6. The molecule has 0 fully saturated rings. The highest BCUT2D eigenvalue weighted by atomic mass is 14.6. The molecule has 2 aromatic rings. The number of rotatable bonds is 0. The zero-order valence-electron chi connectivity index (χ0n) is 12.5. The molecular formula is C19H23N. The van der Waals surface area contributed by atoms with Crippen molar-refractivity contribution >= 4 is 10.8 Å². The second kappa shape index (κ2) is 4.08. The van der Waals surface area contributed by atoms with E-state index in [0.29, 0.717) is 5.41 Å². The molecule has 1 unspecified atom stereocenters. The lowest BCUT2D eigenvalue weighted by Gasteiger charge is -2.24. The Kier molecular flexibility index (Phi) is 2.53. The molecule has 0 saturated heterocycles. The molecule has 20 heavy (non-hydrogen) atoms. The first-order valence-electron chi connectivity index (χ1n) is 7.87. The van der Waals surface area contributed by atoms with Gasteiger partial charge in [-0.25, -0.2) is 0 Å². The van der Waals surface area contributed by atoms with Crippen LogP contribution < -0.4 is 5.73 Å². The van der Waals surface area contributed by atoms with Crippen molar-refractivity contribution in [2.24, 2.45) is 11.1 Å². The Bertz CT molecular complexity index is 696. The van der Waals surface area contributed by atoms with Crippen LogP contribution in [0, 0.1) is 5.41 Å². The Balaban J connectivity index is 2.00. The number of fused-ring (bicyclic) bond motifs is 2. The summed E-state index contributed by atoms with van der Waals surface area (Å²) in [7, 11) is 0. The van der Waals surface area contributed by atoms with Gasteiger partial charge in [0.15, 0.2) is 0 Å². The molecule has 0 bridgehead atoms. The van der Waals surface area contributed by atoms with Crippen molar-refractivity contribution in [3.8, 4) is 0 Å². The maximum Gasteiger partial charge on any atom is 0.0303 e. The number of nitrogens with two attached hydrogens (primary N) is 1. The number of hydrogen-bond donors (Lipinski definition) is 1. The quantitative estimate of drug-likeness (QED) is 0.706. The van der Waals surface area contributed by atoms with Gasteiger partial charge in [0.2, 0.25) is 0 Å². The first-order valence-corrected chi connectivity index (χ1v) is 7.87. The minimum atomic E-state index is 0.201. The van der Waals surface area contributed by atoms with Gasteiger partial charge in [-0.2, -0.15) is 0 Å². The van der Waals surface area contributed by atoms with Crippen molar-refractivity contribution in [2.45, 2.75) is 52.0 Å². The molecule has 2 aliphatic carbocycles. The van der Waals surface area contributed by atoms with E-state index in [1.807, 2.05) is 0 Å². The fourth-order valence-electron chi connectivity index (χ4n) is 4.29. The molecule has 0 saturated carbocycles. The summed E-state index contributed by atoms with van der Waals surface area (Å²) in [4.78, 5) is 0. The van der Waals surface area contributed by atoms with E-state index in [9.17, 15) is 0 Å². The van der Waals surface area contributed by atoms with Gasteiger partial charge in [-0.05, 0) is 70.5 Å². The molecule has 0 radical (unpaired) electrons. The molecule has 2 aliphatic rings. The topological polar surface area (TPSA) is 26.0 Å². The molecule has 2 aromatic carbocycles. The fraction of sp³-hybridized carbons (Fsp3) is 0.474. The van der Waals surface area contributed by atoms with Crippen LogP contribution in [0.2, 0.25) is 0 Å². The lowest BCUT2D eigenvalue weighted by Crippen LogP contribution is -2.19. The van der Waals surface area contributed by atoms with E-state index < -0.39 is 0 Å². The summed E-state index contributed by atoms with van der Waals surface area (Å²) in [5.74, 6) is 0. The summed E-state index contributed by atoms with van der Waals surface area (Å²) in [6, 6.07) is 9.48. The van der Waals surface area contributed by atoms with Gasteiger partial charge in [-0.3, -0.25) is 0 Å². The molecular weight excluding hydrogens is 242 g/mol. The highest BCUT2D eigenvalue weighted by molar-refractivity contribution is 5.94. The van der Waals surface area contributed by atoms with E-state index in [1.54, 1.807) is 0 Å². The second-order valence-electron chi connectivity index (χ2n) is 7.42. The predicted octanol–water partition coefficient (Wildman–Crippen LogP) is 4.30. The SMILES string of the molecule is CC1(C)CCc2c(cc3c4c(cccc24)CC3)C(N)C1. The number of hydrogen-bond acceptors (Lipinski definition) is 1. The molecule has 0 aromatic heterocycles. The summed E-state index contributed by atoms with van der Waals surface area (Å²) in [6.45, 7) is 4.72. The lowest BCUT2D eigenvalue weighted by atomic mass is 9.83. The smallest absolute Gasteiger partial charge is 0.0303 e. The largest absolute Gasteiger partial charge is 0.324 e. The minimum absolute atomic E-state index is 0.201. The van der Waals surface area contributed by atoms with Crippen LogP contribution in [-0.4, -0.2) is 0 Å². The maximum atomic E-state index is 6.55. The van der Waals surface area contributed by atoms with Crippen LogP contribution in [0.1, 0.15) is 55.0 Å².